The molecule has 0 fully saturated rings. The number of phenolic OH excluding ortho intramolecular Hbond substituents is 1. The molecule has 0 atom stereocenters. The maximum Gasteiger partial charge on any atom is 0.185 e. The monoisotopic (exact) mass is 364 g/mol. The minimum Gasteiger partial charge on any atom is -0.508 e. The summed E-state index contributed by atoms with van der Waals surface area (Å²) in [6.45, 7) is 7.42. The SMILES string of the molecule is C=CCc1cc(/C=C/C(=O)c2ccc(OC)c(CC=C)c2)c(OC)cc1O. The highest BCUT2D eigenvalue weighted by atomic mass is 16.5. The number of allylic oxidation sites excluding steroid dienone is 3. The van der Waals surface area contributed by atoms with Gasteiger partial charge in [-0.3, -0.25) is 4.79 Å². The lowest BCUT2D eigenvalue weighted by Gasteiger charge is -2.10. The lowest BCUT2D eigenvalue weighted by molar-refractivity contribution is 0.104. The van der Waals surface area contributed by atoms with Crippen LogP contribution in [0.4, 0.5) is 0 Å². The van der Waals surface area contributed by atoms with E-state index < -0.39 is 0 Å². The van der Waals surface area contributed by atoms with Crippen LogP contribution in [0.15, 0.2) is 61.7 Å². The molecule has 0 aliphatic rings. The average molecular weight is 364 g/mol. The minimum atomic E-state index is -0.136. The van der Waals surface area contributed by atoms with E-state index in [0.29, 0.717) is 29.7 Å². The molecular weight excluding hydrogens is 340 g/mol. The molecule has 0 spiro atoms. The zero-order valence-corrected chi connectivity index (χ0v) is 15.7. The van der Waals surface area contributed by atoms with Gasteiger partial charge in [-0.1, -0.05) is 12.2 Å². The Morgan fingerprint density at radius 3 is 2.30 bits per heavy atom. The van der Waals surface area contributed by atoms with E-state index in [1.54, 1.807) is 49.6 Å². The Labute approximate surface area is 160 Å². The highest BCUT2D eigenvalue weighted by Gasteiger charge is 2.10. The Hall–Kier alpha value is -3.27. The van der Waals surface area contributed by atoms with Crippen molar-refractivity contribution in [2.24, 2.45) is 0 Å². The zero-order valence-electron chi connectivity index (χ0n) is 15.7. The number of rotatable bonds is 9. The van der Waals surface area contributed by atoms with Crippen LogP contribution in [-0.4, -0.2) is 25.1 Å². The van der Waals surface area contributed by atoms with E-state index in [1.165, 1.54) is 13.2 Å². The third kappa shape index (κ3) is 4.88. The molecule has 0 heterocycles. The first-order valence-electron chi connectivity index (χ1n) is 8.55. The number of aromatic hydroxyl groups is 1. The summed E-state index contributed by atoms with van der Waals surface area (Å²) in [5, 5.41) is 10.0. The quantitative estimate of drug-likeness (QED) is 0.396. The Bertz CT molecular complexity index is 878. The van der Waals surface area contributed by atoms with Crippen molar-refractivity contribution < 1.29 is 19.4 Å². The van der Waals surface area contributed by atoms with Gasteiger partial charge in [-0.2, -0.15) is 0 Å². The number of ether oxygens (including phenoxy) is 2. The third-order valence-electron chi connectivity index (χ3n) is 4.14. The summed E-state index contributed by atoms with van der Waals surface area (Å²) < 4.78 is 10.6. The average Bonchev–Trinajstić information content (AvgIpc) is 2.68. The Morgan fingerprint density at radius 1 is 1.00 bits per heavy atom. The van der Waals surface area contributed by atoms with Gasteiger partial charge in [0, 0.05) is 17.2 Å². The zero-order chi connectivity index (χ0) is 19.8. The smallest absolute Gasteiger partial charge is 0.185 e. The van der Waals surface area contributed by atoms with Crippen molar-refractivity contribution in [3.05, 3.63) is 84.0 Å². The first-order chi connectivity index (χ1) is 13.0. The number of methoxy groups -OCH3 is 2. The molecule has 0 aliphatic heterocycles. The van der Waals surface area contributed by atoms with Gasteiger partial charge >= 0.3 is 0 Å². The summed E-state index contributed by atoms with van der Waals surface area (Å²) in [5.41, 5.74) is 2.89. The number of hydrogen-bond acceptors (Lipinski definition) is 4. The van der Waals surface area contributed by atoms with E-state index >= 15 is 0 Å². The molecule has 0 bridgehead atoms. The second-order valence-corrected chi connectivity index (χ2v) is 5.93. The van der Waals surface area contributed by atoms with E-state index in [1.807, 2.05) is 6.07 Å². The number of carbonyl (C=O) groups excluding carboxylic acids is 1. The van der Waals surface area contributed by atoms with E-state index in [4.69, 9.17) is 9.47 Å². The summed E-state index contributed by atoms with van der Waals surface area (Å²) in [4.78, 5) is 12.6. The highest BCUT2D eigenvalue weighted by molar-refractivity contribution is 6.07. The summed E-state index contributed by atoms with van der Waals surface area (Å²) >= 11 is 0. The van der Waals surface area contributed by atoms with E-state index in [9.17, 15) is 9.90 Å². The van der Waals surface area contributed by atoms with Crippen LogP contribution in [0.3, 0.4) is 0 Å². The Morgan fingerprint density at radius 2 is 1.67 bits per heavy atom. The molecule has 0 saturated heterocycles. The number of phenols is 1. The number of benzene rings is 2. The molecule has 4 heteroatoms. The van der Waals surface area contributed by atoms with Crippen molar-refractivity contribution in [1.82, 2.24) is 0 Å². The van der Waals surface area contributed by atoms with Gasteiger partial charge in [-0.05, 0) is 60.4 Å². The molecule has 0 unspecified atom stereocenters. The lowest BCUT2D eigenvalue weighted by Crippen LogP contribution is -1.98. The van der Waals surface area contributed by atoms with Gasteiger partial charge in [0.05, 0.1) is 14.2 Å². The molecule has 2 rings (SSSR count). The molecule has 4 nitrogen and oxygen atoms in total. The lowest BCUT2D eigenvalue weighted by atomic mass is 10.0. The van der Waals surface area contributed by atoms with Gasteiger partial charge in [0.1, 0.15) is 17.2 Å². The Balaban J connectivity index is 2.33. The molecule has 0 amide bonds. The fourth-order valence-electron chi connectivity index (χ4n) is 2.77. The fourth-order valence-corrected chi connectivity index (χ4v) is 2.77. The van der Waals surface area contributed by atoms with Crippen molar-refractivity contribution in [3.63, 3.8) is 0 Å². The van der Waals surface area contributed by atoms with Crippen LogP contribution >= 0.6 is 0 Å². The molecule has 1 N–H and O–H groups in total. The van der Waals surface area contributed by atoms with Crippen LogP contribution in [0.2, 0.25) is 0 Å². The predicted molar refractivity (Wildman–Crippen MR) is 109 cm³/mol. The third-order valence-corrected chi connectivity index (χ3v) is 4.14. The van der Waals surface area contributed by atoms with Gasteiger partial charge in [0.15, 0.2) is 5.78 Å². The first-order valence-corrected chi connectivity index (χ1v) is 8.55. The Kier molecular flexibility index (Phi) is 7.00. The van der Waals surface area contributed by atoms with Crippen molar-refractivity contribution in [1.29, 1.82) is 0 Å². The van der Waals surface area contributed by atoms with Gasteiger partial charge < -0.3 is 14.6 Å². The van der Waals surface area contributed by atoms with Gasteiger partial charge in [-0.15, -0.1) is 13.2 Å². The van der Waals surface area contributed by atoms with Crippen LogP contribution in [0.5, 0.6) is 17.2 Å². The summed E-state index contributed by atoms with van der Waals surface area (Å²) in [6, 6.07) is 8.65. The molecule has 0 aliphatic carbocycles. The van der Waals surface area contributed by atoms with Crippen LogP contribution in [-0.2, 0) is 12.8 Å². The van der Waals surface area contributed by atoms with Gasteiger partial charge in [0.2, 0.25) is 0 Å². The van der Waals surface area contributed by atoms with Crippen LogP contribution in [0.1, 0.15) is 27.0 Å². The molecule has 2 aromatic rings. The standard InChI is InChI=1S/C23H24O4/c1-5-7-16-13-19(23(27-4)15-21(16)25)9-11-20(24)17-10-12-22(26-3)18(14-17)8-6-2/h5-6,9-15,25H,1-2,7-8H2,3-4H3/b11-9+. The normalized spacial score (nSPS) is 10.6. The maximum absolute atomic E-state index is 12.6. The molecule has 0 aromatic heterocycles. The van der Waals surface area contributed by atoms with Crippen LogP contribution in [0.25, 0.3) is 6.08 Å². The molecule has 0 radical (unpaired) electrons. The molecule has 0 saturated carbocycles. The second-order valence-electron chi connectivity index (χ2n) is 5.93. The fraction of sp³-hybridized carbons (Fsp3) is 0.174. The number of carbonyl (C=O) groups is 1. The van der Waals surface area contributed by atoms with Crippen molar-refractivity contribution in [2.75, 3.05) is 14.2 Å². The predicted octanol–water partition coefficient (Wildman–Crippen LogP) is 4.76. The molecule has 140 valence electrons. The summed E-state index contributed by atoms with van der Waals surface area (Å²) in [5.74, 6) is 1.22. The number of ketones is 1. The van der Waals surface area contributed by atoms with Crippen molar-refractivity contribution in [3.8, 4) is 17.2 Å². The van der Waals surface area contributed by atoms with E-state index in [2.05, 4.69) is 13.2 Å². The minimum absolute atomic E-state index is 0.136. The van der Waals surface area contributed by atoms with Gasteiger partial charge in [0.25, 0.3) is 0 Å². The van der Waals surface area contributed by atoms with Crippen LogP contribution in [0, 0.1) is 0 Å². The van der Waals surface area contributed by atoms with Crippen molar-refractivity contribution >= 4 is 11.9 Å². The molecule has 2 aromatic carbocycles. The second kappa shape index (κ2) is 9.43. The topological polar surface area (TPSA) is 55.8 Å². The first kappa shape index (κ1) is 20.0. The van der Waals surface area contributed by atoms with Crippen molar-refractivity contribution in [2.45, 2.75) is 12.8 Å². The number of hydrogen-bond donors (Lipinski definition) is 1. The maximum atomic E-state index is 12.6. The highest BCUT2D eigenvalue weighted by Crippen LogP contribution is 2.30. The van der Waals surface area contributed by atoms with E-state index in [0.717, 1.165) is 16.9 Å². The summed E-state index contributed by atoms with van der Waals surface area (Å²) in [7, 11) is 3.12. The van der Waals surface area contributed by atoms with E-state index in [-0.39, 0.29) is 11.5 Å². The van der Waals surface area contributed by atoms with Crippen LogP contribution < -0.4 is 9.47 Å². The van der Waals surface area contributed by atoms with Gasteiger partial charge in [-0.25, -0.2) is 0 Å². The summed E-state index contributed by atoms with van der Waals surface area (Å²) in [6.07, 6.45) is 7.79. The molecular formula is C23H24O4. The largest absolute Gasteiger partial charge is 0.508 e. The molecule has 27 heavy (non-hydrogen) atoms.